The number of aryl methyl sites for hydroxylation is 1. The van der Waals surface area contributed by atoms with Gasteiger partial charge in [0.25, 0.3) is 5.91 Å². The lowest BCUT2D eigenvalue weighted by Crippen LogP contribution is -2.45. The smallest absolute Gasteiger partial charge is 0.271 e. The number of nitrogens with one attached hydrogen (secondary N) is 2. The van der Waals surface area contributed by atoms with Gasteiger partial charge in [-0.2, -0.15) is 5.10 Å². The third-order valence-electron chi connectivity index (χ3n) is 3.64. The van der Waals surface area contributed by atoms with Gasteiger partial charge in [0.15, 0.2) is 0 Å². The Bertz CT molecular complexity index is 461. The van der Waals surface area contributed by atoms with Crippen LogP contribution in [0.5, 0.6) is 0 Å². The van der Waals surface area contributed by atoms with E-state index in [1.54, 1.807) is 0 Å². The number of amides is 1. The number of morpholine rings is 1. The molecule has 104 valence electrons. The monoisotopic (exact) mass is 264 g/mol. The van der Waals surface area contributed by atoms with Crippen LogP contribution in [0.4, 0.5) is 0 Å². The van der Waals surface area contributed by atoms with Gasteiger partial charge in [0.2, 0.25) is 0 Å². The molecule has 2 aliphatic rings. The van der Waals surface area contributed by atoms with Gasteiger partial charge in [0.1, 0.15) is 5.69 Å². The molecule has 6 heteroatoms. The zero-order valence-electron chi connectivity index (χ0n) is 11.2. The fourth-order valence-electron chi connectivity index (χ4n) is 2.40. The molecule has 2 fully saturated rings. The van der Waals surface area contributed by atoms with Crippen molar-refractivity contribution >= 4 is 5.91 Å². The Morgan fingerprint density at radius 3 is 3.16 bits per heavy atom. The maximum Gasteiger partial charge on any atom is 0.271 e. The summed E-state index contributed by atoms with van der Waals surface area (Å²) in [5, 5.41) is 10.4. The summed E-state index contributed by atoms with van der Waals surface area (Å²) in [5.74, 6) is 0.488. The SMILES string of the molecule is Cn1nc(C(=O)NCC2CNCCO2)cc1C1CC1. The molecule has 1 atom stereocenters. The van der Waals surface area contributed by atoms with E-state index in [0.29, 0.717) is 24.8 Å². The molecule has 1 aromatic heterocycles. The van der Waals surface area contributed by atoms with Crippen LogP contribution in [0, 0.1) is 0 Å². The highest BCUT2D eigenvalue weighted by molar-refractivity contribution is 5.92. The number of carbonyl (C=O) groups excluding carboxylic acids is 1. The first-order valence-electron chi connectivity index (χ1n) is 6.88. The summed E-state index contributed by atoms with van der Waals surface area (Å²) in [6, 6.07) is 1.91. The average Bonchev–Trinajstić information content (AvgIpc) is 3.20. The van der Waals surface area contributed by atoms with Crippen molar-refractivity contribution in [1.82, 2.24) is 20.4 Å². The van der Waals surface area contributed by atoms with Crippen molar-refractivity contribution in [2.75, 3.05) is 26.2 Å². The van der Waals surface area contributed by atoms with Crippen LogP contribution in [0.25, 0.3) is 0 Å². The third kappa shape index (κ3) is 2.96. The number of hydrogen-bond donors (Lipinski definition) is 2. The first kappa shape index (κ1) is 12.6. The van der Waals surface area contributed by atoms with E-state index in [0.717, 1.165) is 13.1 Å². The molecule has 2 heterocycles. The summed E-state index contributed by atoms with van der Waals surface area (Å²) in [7, 11) is 1.90. The zero-order valence-corrected chi connectivity index (χ0v) is 11.2. The van der Waals surface area contributed by atoms with Crippen molar-refractivity contribution < 1.29 is 9.53 Å². The molecule has 1 aliphatic heterocycles. The number of rotatable bonds is 4. The van der Waals surface area contributed by atoms with Gasteiger partial charge in [-0.05, 0) is 18.9 Å². The number of carbonyl (C=O) groups is 1. The molecule has 1 saturated carbocycles. The molecule has 1 amide bonds. The molecule has 6 nitrogen and oxygen atoms in total. The third-order valence-corrected chi connectivity index (χ3v) is 3.64. The second-order valence-corrected chi connectivity index (χ2v) is 5.26. The largest absolute Gasteiger partial charge is 0.374 e. The Kier molecular flexibility index (Phi) is 3.52. The Morgan fingerprint density at radius 1 is 1.63 bits per heavy atom. The van der Waals surface area contributed by atoms with Crippen molar-refractivity contribution in [3.63, 3.8) is 0 Å². The van der Waals surface area contributed by atoms with E-state index in [9.17, 15) is 4.79 Å². The topological polar surface area (TPSA) is 68.2 Å². The Balaban J connectivity index is 1.55. The van der Waals surface area contributed by atoms with Gasteiger partial charge in [0.05, 0.1) is 12.7 Å². The van der Waals surface area contributed by atoms with Crippen LogP contribution in [0.1, 0.15) is 34.9 Å². The molecule has 0 aromatic carbocycles. The lowest BCUT2D eigenvalue weighted by molar-refractivity contribution is 0.0286. The molecule has 1 saturated heterocycles. The fraction of sp³-hybridized carbons (Fsp3) is 0.692. The van der Waals surface area contributed by atoms with Gasteiger partial charge in [-0.1, -0.05) is 0 Å². The number of aromatic nitrogens is 2. The van der Waals surface area contributed by atoms with Crippen molar-refractivity contribution in [1.29, 1.82) is 0 Å². The van der Waals surface area contributed by atoms with Crippen LogP contribution in [-0.2, 0) is 11.8 Å². The van der Waals surface area contributed by atoms with Crippen molar-refractivity contribution in [2.45, 2.75) is 24.9 Å². The van der Waals surface area contributed by atoms with E-state index < -0.39 is 0 Å². The molecule has 0 radical (unpaired) electrons. The summed E-state index contributed by atoms with van der Waals surface area (Å²) < 4.78 is 7.36. The molecule has 1 aliphatic carbocycles. The first-order valence-corrected chi connectivity index (χ1v) is 6.88. The molecule has 0 bridgehead atoms. The minimum atomic E-state index is -0.114. The van der Waals surface area contributed by atoms with Crippen LogP contribution >= 0.6 is 0 Å². The van der Waals surface area contributed by atoms with Gasteiger partial charge in [-0.3, -0.25) is 9.48 Å². The minimum Gasteiger partial charge on any atom is -0.374 e. The van der Waals surface area contributed by atoms with Crippen LogP contribution in [-0.4, -0.2) is 48.0 Å². The van der Waals surface area contributed by atoms with E-state index in [2.05, 4.69) is 15.7 Å². The number of nitrogens with zero attached hydrogens (tertiary/aromatic N) is 2. The minimum absolute atomic E-state index is 0.0596. The molecule has 2 N–H and O–H groups in total. The van der Waals surface area contributed by atoms with Gasteiger partial charge in [-0.25, -0.2) is 0 Å². The van der Waals surface area contributed by atoms with Gasteiger partial charge in [0, 0.05) is 38.3 Å². The molecular formula is C13H20N4O2. The molecule has 19 heavy (non-hydrogen) atoms. The molecule has 1 unspecified atom stereocenters. The lowest BCUT2D eigenvalue weighted by Gasteiger charge is -2.23. The Labute approximate surface area is 112 Å². The fourth-order valence-corrected chi connectivity index (χ4v) is 2.40. The first-order chi connectivity index (χ1) is 9.24. The molecule has 3 rings (SSSR count). The summed E-state index contributed by atoms with van der Waals surface area (Å²) in [6.07, 6.45) is 2.48. The maximum absolute atomic E-state index is 12.0. The second kappa shape index (κ2) is 5.30. The van der Waals surface area contributed by atoms with E-state index in [4.69, 9.17) is 4.74 Å². The predicted molar refractivity (Wildman–Crippen MR) is 70.1 cm³/mol. The second-order valence-electron chi connectivity index (χ2n) is 5.26. The van der Waals surface area contributed by atoms with Crippen LogP contribution in [0.3, 0.4) is 0 Å². The Hall–Kier alpha value is -1.40. The van der Waals surface area contributed by atoms with E-state index in [1.165, 1.54) is 18.5 Å². The summed E-state index contributed by atoms with van der Waals surface area (Å²) in [5.41, 5.74) is 1.67. The van der Waals surface area contributed by atoms with Gasteiger partial charge >= 0.3 is 0 Å². The summed E-state index contributed by atoms with van der Waals surface area (Å²) in [6.45, 7) is 2.91. The van der Waals surface area contributed by atoms with Crippen LogP contribution < -0.4 is 10.6 Å². The van der Waals surface area contributed by atoms with Crippen molar-refractivity contribution in [3.05, 3.63) is 17.5 Å². The number of hydrogen-bond acceptors (Lipinski definition) is 4. The van der Waals surface area contributed by atoms with E-state index in [1.807, 2.05) is 17.8 Å². The maximum atomic E-state index is 12.0. The zero-order chi connectivity index (χ0) is 13.2. The van der Waals surface area contributed by atoms with Crippen LogP contribution in [0.15, 0.2) is 6.07 Å². The molecule has 0 spiro atoms. The van der Waals surface area contributed by atoms with Crippen LogP contribution in [0.2, 0.25) is 0 Å². The van der Waals surface area contributed by atoms with Crippen molar-refractivity contribution in [2.24, 2.45) is 7.05 Å². The molecular weight excluding hydrogens is 244 g/mol. The standard InChI is InChI=1S/C13H20N4O2/c1-17-12(9-2-3-9)6-11(16-17)13(18)15-8-10-7-14-4-5-19-10/h6,9-10,14H,2-5,7-8H2,1H3,(H,15,18). The highest BCUT2D eigenvalue weighted by Gasteiger charge is 2.28. The summed E-state index contributed by atoms with van der Waals surface area (Å²) in [4.78, 5) is 12.0. The highest BCUT2D eigenvalue weighted by Crippen LogP contribution is 2.39. The normalized spacial score (nSPS) is 23.3. The van der Waals surface area contributed by atoms with E-state index in [-0.39, 0.29) is 12.0 Å². The summed E-state index contributed by atoms with van der Waals surface area (Å²) >= 11 is 0. The highest BCUT2D eigenvalue weighted by atomic mass is 16.5. The molecule has 1 aromatic rings. The van der Waals surface area contributed by atoms with Gasteiger partial charge in [-0.15, -0.1) is 0 Å². The van der Waals surface area contributed by atoms with Gasteiger partial charge < -0.3 is 15.4 Å². The number of ether oxygens (including phenoxy) is 1. The van der Waals surface area contributed by atoms with E-state index >= 15 is 0 Å². The quantitative estimate of drug-likeness (QED) is 0.804. The average molecular weight is 264 g/mol. The van der Waals surface area contributed by atoms with Crippen molar-refractivity contribution in [3.8, 4) is 0 Å². The Morgan fingerprint density at radius 2 is 2.47 bits per heavy atom. The predicted octanol–water partition coefficient (Wildman–Crippen LogP) is 0.0157. The lowest BCUT2D eigenvalue weighted by atomic mass is 10.2.